The lowest BCUT2D eigenvalue weighted by atomic mass is 10.2. The van der Waals surface area contributed by atoms with E-state index in [4.69, 9.17) is 0 Å². The van der Waals surface area contributed by atoms with Crippen LogP contribution in [-0.4, -0.2) is 42.5 Å². The van der Waals surface area contributed by atoms with Gasteiger partial charge in [-0.05, 0) is 30.7 Å². The summed E-state index contributed by atoms with van der Waals surface area (Å²) in [6, 6.07) is 3.12. The van der Waals surface area contributed by atoms with Gasteiger partial charge in [-0.15, -0.1) is 5.10 Å². The van der Waals surface area contributed by atoms with E-state index in [1.165, 1.54) is 12.1 Å². The van der Waals surface area contributed by atoms with Gasteiger partial charge in [0.25, 0.3) is 0 Å². The number of nitrogens with zero attached hydrogens (tertiary/aromatic N) is 3. The van der Waals surface area contributed by atoms with Crippen LogP contribution in [0.15, 0.2) is 35.5 Å². The standard InChI is InChI=1S/C13H16FN5O2S/c1-9-6-10(14)2-3-13(9)22(20,21)17-11-7-15-8-12(11)19-5-4-16-18-19/h2-6,11-12,15,17H,7-8H2,1H3/t11-,12+/m1/s1. The average Bonchev–Trinajstić information content (AvgIpc) is 3.07. The van der Waals surface area contributed by atoms with Crippen LogP contribution < -0.4 is 10.0 Å². The summed E-state index contributed by atoms with van der Waals surface area (Å²) in [5, 5.41) is 10.8. The van der Waals surface area contributed by atoms with Gasteiger partial charge in [-0.1, -0.05) is 5.21 Å². The first kappa shape index (κ1) is 15.1. The highest BCUT2D eigenvalue weighted by molar-refractivity contribution is 7.89. The Morgan fingerprint density at radius 3 is 2.91 bits per heavy atom. The van der Waals surface area contributed by atoms with Crippen LogP contribution in [0.5, 0.6) is 0 Å². The highest BCUT2D eigenvalue weighted by atomic mass is 32.2. The normalized spacial score (nSPS) is 22.1. The number of aromatic nitrogens is 3. The van der Waals surface area contributed by atoms with Crippen molar-refractivity contribution in [3.05, 3.63) is 42.0 Å². The van der Waals surface area contributed by atoms with Crippen LogP contribution in [0.4, 0.5) is 4.39 Å². The third-order valence-electron chi connectivity index (χ3n) is 3.70. The molecule has 2 atom stereocenters. The van der Waals surface area contributed by atoms with Crippen LogP contribution in [0.2, 0.25) is 0 Å². The molecule has 118 valence electrons. The van der Waals surface area contributed by atoms with Gasteiger partial charge >= 0.3 is 0 Å². The molecule has 1 aliphatic rings. The second kappa shape index (κ2) is 5.75. The minimum atomic E-state index is -3.73. The lowest BCUT2D eigenvalue weighted by molar-refractivity contribution is 0.413. The smallest absolute Gasteiger partial charge is 0.241 e. The summed E-state index contributed by atoms with van der Waals surface area (Å²) in [4.78, 5) is 0.0816. The largest absolute Gasteiger partial charge is 0.313 e. The van der Waals surface area contributed by atoms with E-state index in [1.54, 1.807) is 24.0 Å². The van der Waals surface area contributed by atoms with Gasteiger partial charge in [0.1, 0.15) is 5.82 Å². The van der Waals surface area contributed by atoms with E-state index < -0.39 is 15.8 Å². The Balaban J connectivity index is 1.85. The number of rotatable bonds is 4. The minimum Gasteiger partial charge on any atom is -0.313 e. The van der Waals surface area contributed by atoms with Gasteiger partial charge in [0.15, 0.2) is 0 Å². The molecule has 1 aromatic carbocycles. The van der Waals surface area contributed by atoms with Gasteiger partial charge in [0, 0.05) is 19.3 Å². The van der Waals surface area contributed by atoms with Crippen molar-refractivity contribution >= 4 is 10.0 Å². The van der Waals surface area contributed by atoms with Crippen LogP contribution in [0.1, 0.15) is 11.6 Å². The molecule has 2 heterocycles. The van der Waals surface area contributed by atoms with Crippen LogP contribution >= 0.6 is 0 Å². The van der Waals surface area contributed by atoms with Crippen molar-refractivity contribution in [2.24, 2.45) is 0 Å². The lowest BCUT2D eigenvalue weighted by Crippen LogP contribution is -2.41. The van der Waals surface area contributed by atoms with Crippen molar-refractivity contribution in [3.63, 3.8) is 0 Å². The molecule has 1 aliphatic heterocycles. The summed E-state index contributed by atoms with van der Waals surface area (Å²) in [5.74, 6) is -0.459. The monoisotopic (exact) mass is 325 g/mol. The van der Waals surface area contributed by atoms with Gasteiger partial charge in [-0.2, -0.15) is 0 Å². The zero-order valence-corrected chi connectivity index (χ0v) is 12.7. The summed E-state index contributed by atoms with van der Waals surface area (Å²) >= 11 is 0. The summed E-state index contributed by atoms with van der Waals surface area (Å²) < 4.78 is 42.5. The van der Waals surface area contributed by atoms with E-state index in [9.17, 15) is 12.8 Å². The SMILES string of the molecule is Cc1cc(F)ccc1S(=O)(=O)N[C@@H]1CNC[C@@H]1n1ccnn1. The molecule has 1 aromatic heterocycles. The molecule has 1 fully saturated rings. The highest BCUT2D eigenvalue weighted by Crippen LogP contribution is 2.20. The number of benzene rings is 1. The molecule has 0 spiro atoms. The number of halogens is 1. The second-order valence-electron chi connectivity index (χ2n) is 5.25. The Morgan fingerprint density at radius 2 is 2.23 bits per heavy atom. The molecule has 0 bridgehead atoms. The van der Waals surface area contributed by atoms with E-state index in [2.05, 4.69) is 20.4 Å². The third kappa shape index (κ3) is 2.87. The first-order chi connectivity index (χ1) is 10.5. The molecular weight excluding hydrogens is 309 g/mol. The fourth-order valence-electron chi connectivity index (χ4n) is 2.63. The predicted octanol–water partition coefficient (Wildman–Crippen LogP) is 0.217. The molecule has 1 saturated heterocycles. The summed E-state index contributed by atoms with van der Waals surface area (Å²) in [6.45, 7) is 2.66. The van der Waals surface area contributed by atoms with Crippen LogP contribution in [-0.2, 0) is 10.0 Å². The Bertz CT molecular complexity index is 763. The zero-order chi connectivity index (χ0) is 15.7. The predicted molar refractivity (Wildman–Crippen MR) is 77.2 cm³/mol. The van der Waals surface area contributed by atoms with Crippen molar-refractivity contribution < 1.29 is 12.8 Å². The maximum atomic E-state index is 13.1. The molecule has 0 aliphatic carbocycles. The van der Waals surface area contributed by atoms with E-state index in [0.717, 1.165) is 6.07 Å². The molecule has 3 rings (SSSR count). The van der Waals surface area contributed by atoms with E-state index in [0.29, 0.717) is 18.7 Å². The molecule has 22 heavy (non-hydrogen) atoms. The van der Waals surface area contributed by atoms with Crippen LogP contribution in [0.25, 0.3) is 0 Å². The summed E-state index contributed by atoms with van der Waals surface area (Å²) in [5.41, 5.74) is 0.371. The van der Waals surface area contributed by atoms with Crippen molar-refractivity contribution in [1.29, 1.82) is 0 Å². The maximum Gasteiger partial charge on any atom is 0.241 e. The third-order valence-corrected chi connectivity index (χ3v) is 5.35. The first-order valence-corrected chi connectivity index (χ1v) is 8.31. The molecule has 2 N–H and O–H groups in total. The van der Waals surface area contributed by atoms with E-state index in [-0.39, 0.29) is 17.0 Å². The van der Waals surface area contributed by atoms with Crippen molar-refractivity contribution in [2.45, 2.75) is 23.9 Å². The Morgan fingerprint density at radius 1 is 1.41 bits per heavy atom. The fourth-order valence-corrected chi connectivity index (χ4v) is 4.13. The molecule has 0 amide bonds. The van der Waals surface area contributed by atoms with Gasteiger partial charge in [-0.25, -0.2) is 22.2 Å². The van der Waals surface area contributed by atoms with Crippen molar-refractivity contribution in [3.8, 4) is 0 Å². The number of aryl methyl sites for hydroxylation is 1. The number of sulfonamides is 1. The van der Waals surface area contributed by atoms with Crippen LogP contribution in [0.3, 0.4) is 0 Å². The van der Waals surface area contributed by atoms with Gasteiger partial charge in [-0.3, -0.25) is 0 Å². The van der Waals surface area contributed by atoms with Gasteiger partial charge in [0.2, 0.25) is 10.0 Å². The zero-order valence-electron chi connectivity index (χ0n) is 11.9. The topological polar surface area (TPSA) is 88.9 Å². The fraction of sp³-hybridized carbons (Fsp3) is 0.385. The van der Waals surface area contributed by atoms with E-state index in [1.807, 2.05) is 0 Å². The molecule has 0 unspecified atom stereocenters. The molecule has 0 radical (unpaired) electrons. The highest BCUT2D eigenvalue weighted by Gasteiger charge is 2.33. The van der Waals surface area contributed by atoms with E-state index >= 15 is 0 Å². The molecule has 7 nitrogen and oxygen atoms in total. The van der Waals surface area contributed by atoms with Crippen LogP contribution in [0, 0.1) is 12.7 Å². The number of hydrogen-bond donors (Lipinski definition) is 2. The first-order valence-electron chi connectivity index (χ1n) is 6.82. The Labute approximate surface area is 127 Å². The van der Waals surface area contributed by atoms with Crippen molar-refractivity contribution in [1.82, 2.24) is 25.0 Å². The number of nitrogens with one attached hydrogen (secondary N) is 2. The molecule has 0 saturated carbocycles. The van der Waals surface area contributed by atoms with Gasteiger partial charge < -0.3 is 5.32 Å². The quantitative estimate of drug-likeness (QED) is 0.839. The van der Waals surface area contributed by atoms with Crippen molar-refractivity contribution in [2.75, 3.05) is 13.1 Å². The molecule has 9 heteroatoms. The second-order valence-corrected chi connectivity index (χ2v) is 6.93. The maximum absolute atomic E-state index is 13.1. The minimum absolute atomic E-state index is 0.0816. The summed E-state index contributed by atoms with van der Waals surface area (Å²) in [6.07, 6.45) is 3.25. The number of hydrogen-bond acceptors (Lipinski definition) is 5. The lowest BCUT2D eigenvalue weighted by Gasteiger charge is -2.20. The molecule has 2 aromatic rings. The molecular formula is C13H16FN5O2S. The summed E-state index contributed by atoms with van der Waals surface area (Å²) in [7, 11) is -3.73. The average molecular weight is 325 g/mol. The van der Waals surface area contributed by atoms with Gasteiger partial charge in [0.05, 0.1) is 23.2 Å². The Kier molecular flexibility index (Phi) is 3.94. The Hall–Kier alpha value is -1.84.